The molecule has 0 saturated carbocycles. The maximum absolute atomic E-state index is 12.8. The van der Waals surface area contributed by atoms with Gasteiger partial charge in [-0.2, -0.15) is 0 Å². The summed E-state index contributed by atoms with van der Waals surface area (Å²) in [6.07, 6.45) is 2.33. The van der Waals surface area contributed by atoms with E-state index in [0.29, 0.717) is 24.1 Å². The van der Waals surface area contributed by atoms with E-state index in [1.54, 1.807) is 24.3 Å². The summed E-state index contributed by atoms with van der Waals surface area (Å²) in [7, 11) is 0. The Kier molecular flexibility index (Phi) is 7.89. The Balaban J connectivity index is 1.81. The number of aromatic hydroxyl groups is 1. The van der Waals surface area contributed by atoms with Gasteiger partial charge in [0.1, 0.15) is 11.9 Å². The zero-order valence-electron chi connectivity index (χ0n) is 17.5. The van der Waals surface area contributed by atoms with Crippen LogP contribution in [-0.2, 0) is 9.53 Å². The number of anilines is 1. The van der Waals surface area contributed by atoms with Gasteiger partial charge >= 0.3 is 12.1 Å². The number of aliphatic carboxylic acids is 1. The molecule has 0 radical (unpaired) electrons. The van der Waals surface area contributed by atoms with Crippen LogP contribution < -0.4 is 5.32 Å². The number of hydrogen-bond donors (Lipinski definition) is 3. The first kappa shape index (κ1) is 23.3. The summed E-state index contributed by atoms with van der Waals surface area (Å²) in [5.74, 6) is -1.18. The molecule has 166 valence electrons. The van der Waals surface area contributed by atoms with E-state index in [1.165, 1.54) is 6.07 Å². The fourth-order valence-electron chi connectivity index (χ4n) is 3.52. The smallest absolute Gasteiger partial charge is 0.412 e. The highest BCUT2D eigenvalue weighted by Gasteiger charge is 2.26. The van der Waals surface area contributed by atoms with Crippen LogP contribution in [0, 0.1) is 5.92 Å². The SMILES string of the molecule is C[C@H](CC/C=C/C(=O)O)[C@H](OC(=O)Nc1cccc2ccccc12)c1cc(Br)ccc1O. The van der Waals surface area contributed by atoms with Gasteiger partial charge in [-0.15, -0.1) is 0 Å². The van der Waals surface area contributed by atoms with Crippen LogP contribution in [0.25, 0.3) is 10.8 Å². The third-order valence-corrected chi connectivity index (χ3v) is 5.62. The van der Waals surface area contributed by atoms with Gasteiger partial charge in [0.2, 0.25) is 0 Å². The van der Waals surface area contributed by atoms with E-state index in [-0.39, 0.29) is 11.7 Å². The number of carboxylic acid groups (broad SMARTS) is 1. The highest BCUT2D eigenvalue weighted by atomic mass is 79.9. The van der Waals surface area contributed by atoms with E-state index in [0.717, 1.165) is 21.3 Å². The van der Waals surface area contributed by atoms with Gasteiger partial charge in [0, 0.05) is 21.5 Å². The Labute approximate surface area is 194 Å². The molecule has 3 rings (SSSR count). The van der Waals surface area contributed by atoms with E-state index in [2.05, 4.69) is 21.2 Å². The lowest BCUT2D eigenvalue weighted by Gasteiger charge is -2.25. The van der Waals surface area contributed by atoms with Crippen LogP contribution in [0.3, 0.4) is 0 Å². The van der Waals surface area contributed by atoms with Gasteiger partial charge < -0.3 is 14.9 Å². The Morgan fingerprint density at radius 1 is 1.12 bits per heavy atom. The Bertz CT molecular complexity index is 1140. The first-order valence-corrected chi connectivity index (χ1v) is 11.0. The van der Waals surface area contributed by atoms with Crippen LogP contribution in [0.5, 0.6) is 5.75 Å². The maximum atomic E-state index is 12.8. The van der Waals surface area contributed by atoms with Crippen molar-refractivity contribution in [3.05, 3.63) is 82.9 Å². The van der Waals surface area contributed by atoms with E-state index >= 15 is 0 Å². The molecule has 0 aliphatic rings. The summed E-state index contributed by atoms with van der Waals surface area (Å²) in [5.41, 5.74) is 1.10. The number of halogens is 1. The number of fused-ring (bicyclic) bond motifs is 1. The predicted molar refractivity (Wildman–Crippen MR) is 128 cm³/mol. The highest BCUT2D eigenvalue weighted by Crippen LogP contribution is 2.37. The molecule has 0 bridgehead atoms. The minimum atomic E-state index is -1.01. The molecule has 0 heterocycles. The number of carboxylic acids is 1. The van der Waals surface area contributed by atoms with Gasteiger partial charge in [0.25, 0.3) is 0 Å². The summed E-state index contributed by atoms with van der Waals surface area (Å²) >= 11 is 3.40. The molecule has 3 aromatic rings. The standard InChI is InChI=1S/C25H24BrNO5/c1-16(7-2-5-12-23(29)30)24(20-15-18(26)13-14-22(20)28)32-25(31)27-21-11-6-9-17-8-3-4-10-19(17)21/h3-6,8-16,24,28H,2,7H2,1H3,(H,27,31)(H,29,30)/b12-5+/t16-,24+/m1/s1. The van der Waals surface area contributed by atoms with Crippen molar-refractivity contribution in [3.63, 3.8) is 0 Å². The number of nitrogens with one attached hydrogen (secondary N) is 1. The molecule has 3 aromatic carbocycles. The number of benzene rings is 3. The molecule has 0 unspecified atom stereocenters. The summed E-state index contributed by atoms with van der Waals surface area (Å²) in [4.78, 5) is 23.5. The van der Waals surface area contributed by atoms with E-state index in [1.807, 2.05) is 43.3 Å². The number of carbonyl (C=O) groups excluding carboxylic acids is 1. The summed E-state index contributed by atoms with van der Waals surface area (Å²) in [5, 5.41) is 23.9. The van der Waals surface area contributed by atoms with Gasteiger partial charge in [0.15, 0.2) is 0 Å². The predicted octanol–water partition coefficient (Wildman–Crippen LogP) is 6.65. The van der Waals surface area contributed by atoms with Gasteiger partial charge in [-0.3, -0.25) is 5.32 Å². The minimum Gasteiger partial charge on any atom is -0.508 e. The first-order chi connectivity index (χ1) is 15.3. The molecule has 1 amide bonds. The molecule has 0 saturated heterocycles. The summed E-state index contributed by atoms with van der Waals surface area (Å²) in [6.45, 7) is 1.89. The van der Waals surface area contributed by atoms with Crippen molar-refractivity contribution < 1.29 is 24.5 Å². The number of hydrogen-bond acceptors (Lipinski definition) is 4. The van der Waals surface area contributed by atoms with Gasteiger partial charge in [-0.1, -0.05) is 65.3 Å². The van der Waals surface area contributed by atoms with E-state index in [9.17, 15) is 14.7 Å². The average molecular weight is 498 g/mol. The van der Waals surface area contributed by atoms with Crippen LogP contribution in [-0.4, -0.2) is 22.3 Å². The third-order valence-electron chi connectivity index (χ3n) is 5.12. The molecule has 3 N–H and O–H groups in total. The fraction of sp³-hybridized carbons (Fsp3) is 0.200. The van der Waals surface area contributed by atoms with Crippen LogP contribution >= 0.6 is 15.9 Å². The minimum absolute atomic E-state index is 0.0177. The maximum Gasteiger partial charge on any atom is 0.412 e. The Morgan fingerprint density at radius 2 is 1.88 bits per heavy atom. The zero-order chi connectivity index (χ0) is 23.1. The molecule has 6 nitrogen and oxygen atoms in total. The zero-order valence-corrected chi connectivity index (χ0v) is 19.1. The molecule has 0 aromatic heterocycles. The van der Waals surface area contributed by atoms with E-state index < -0.39 is 18.2 Å². The van der Waals surface area contributed by atoms with Gasteiger partial charge in [-0.05, 0) is 48.4 Å². The van der Waals surface area contributed by atoms with E-state index in [4.69, 9.17) is 9.84 Å². The lowest BCUT2D eigenvalue weighted by molar-refractivity contribution is -0.131. The summed E-state index contributed by atoms with van der Waals surface area (Å²) in [6, 6.07) is 18.3. The van der Waals surface area contributed by atoms with Gasteiger partial charge in [-0.25, -0.2) is 9.59 Å². The number of ether oxygens (including phenoxy) is 1. The molecule has 7 heteroatoms. The van der Waals surface area contributed by atoms with Crippen LogP contribution in [0.4, 0.5) is 10.5 Å². The van der Waals surface area contributed by atoms with Crippen molar-refractivity contribution in [2.45, 2.75) is 25.9 Å². The van der Waals surface area contributed by atoms with Crippen LogP contribution in [0.15, 0.2) is 77.3 Å². The lowest BCUT2D eigenvalue weighted by atomic mass is 9.92. The number of allylic oxidation sites excluding steroid dienone is 1. The normalized spacial score (nSPS) is 13.1. The molecule has 0 spiro atoms. The molecule has 0 aliphatic heterocycles. The monoisotopic (exact) mass is 497 g/mol. The first-order valence-electron chi connectivity index (χ1n) is 10.2. The molecular weight excluding hydrogens is 474 g/mol. The number of amides is 1. The van der Waals surface area contributed by atoms with Gasteiger partial charge in [0.05, 0.1) is 5.69 Å². The second kappa shape index (κ2) is 10.8. The number of phenolic OH excluding ortho intramolecular Hbond substituents is 1. The summed E-state index contributed by atoms with van der Waals surface area (Å²) < 4.78 is 6.54. The largest absolute Gasteiger partial charge is 0.508 e. The fourth-order valence-corrected chi connectivity index (χ4v) is 3.90. The van der Waals surface area contributed by atoms with Crippen molar-refractivity contribution in [1.82, 2.24) is 0 Å². The van der Waals surface area contributed by atoms with Crippen molar-refractivity contribution in [1.29, 1.82) is 0 Å². The Morgan fingerprint density at radius 3 is 2.66 bits per heavy atom. The van der Waals surface area contributed by atoms with Crippen molar-refractivity contribution in [2.75, 3.05) is 5.32 Å². The topological polar surface area (TPSA) is 95.9 Å². The molecule has 32 heavy (non-hydrogen) atoms. The third kappa shape index (κ3) is 6.11. The second-order valence-electron chi connectivity index (χ2n) is 7.48. The average Bonchev–Trinajstić information content (AvgIpc) is 2.77. The Hall–Kier alpha value is -3.32. The van der Waals surface area contributed by atoms with Crippen molar-refractivity contribution in [3.8, 4) is 5.75 Å². The lowest BCUT2D eigenvalue weighted by Crippen LogP contribution is -2.22. The number of phenols is 1. The molecule has 0 aliphatic carbocycles. The van der Waals surface area contributed by atoms with Crippen molar-refractivity contribution in [2.24, 2.45) is 5.92 Å². The van der Waals surface area contributed by atoms with Crippen molar-refractivity contribution >= 4 is 44.5 Å². The quantitative estimate of drug-likeness (QED) is 0.302. The van der Waals surface area contributed by atoms with Crippen LogP contribution in [0.1, 0.15) is 31.4 Å². The second-order valence-corrected chi connectivity index (χ2v) is 8.39. The molecule has 2 atom stereocenters. The highest BCUT2D eigenvalue weighted by molar-refractivity contribution is 9.10. The van der Waals surface area contributed by atoms with Crippen LogP contribution in [0.2, 0.25) is 0 Å². The molecular formula is C25H24BrNO5. The number of rotatable bonds is 8. The number of carbonyl (C=O) groups is 2. The molecule has 0 fully saturated rings.